The molecule has 0 saturated carbocycles. The van der Waals surface area contributed by atoms with E-state index in [1.807, 2.05) is 27.2 Å². The van der Waals surface area contributed by atoms with Gasteiger partial charge in [-0.05, 0) is 25.7 Å². The number of nitrogens with zero attached hydrogens (tertiary/aromatic N) is 1. The highest BCUT2D eigenvalue weighted by Gasteiger charge is 2.21. The normalized spacial score (nSPS) is 13.8. The van der Waals surface area contributed by atoms with E-state index in [1.165, 1.54) is 116 Å². The lowest BCUT2D eigenvalue weighted by Gasteiger charge is -2.28. The molecule has 9 nitrogen and oxygen atoms in total. The maximum Gasteiger partial charge on any atom is 0.306 e. The van der Waals surface area contributed by atoms with Crippen molar-refractivity contribution < 1.29 is 42.1 Å². The number of quaternary nitrogens is 1. The van der Waals surface area contributed by atoms with Gasteiger partial charge in [-0.3, -0.25) is 14.2 Å². The third-order valence-electron chi connectivity index (χ3n) is 9.05. The third-order valence-corrected chi connectivity index (χ3v) is 10.0. The average Bonchev–Trinajstić information content (AvgIpc) is 3.07. The van der Waals surface area contributed by atoms with E-state index >= 15 is 0 Å². The average molecular weight is 746 g/mol. The van der Waals surface area contributed by atoms with Gasteiger partial charge in [0.2, 0.25) is 0 Å². The molecule has 0 heterocycles. The maximum atomic E-state index is 12.6. The summed E-state index contributed by atoms with van der Waals surface area (Å²) in [7, 11) is 1.16. The monoisotopic (exact) mass is 746 g/mol. The van der Waals surface area contributed by atoms with E-state index in [9.17, 15) is 19.0 Å². The minimum absolute atomic E-state index is 0.0323. The van der Waals surface area contributed by atoms with Gasteiger partial charge < -0.3 is 27.9 Å². The van der Waals surface area contributed by atoms with Gasteiger partial charge in [0, 0.05) is 12.8 Å². The summed E-state index contributed by atoms with van der Waals surface area (Å²) < 4.78 is 33.8. The van der Waals surface area contributed by atoms with Crippen LogP contribution in [0.3, 0.4) is 0 Å². The predicted molar refractivity (Wildman–Crippen MR) is 208 cm³/mol. The van der Waals surface area contributed by atoms with E-state index in [0.29, 0.717) is 23.9 Å². The first-order valence-corrected chi connectivity index (χ1v) is 22.4. The summed E-state index contributed by atoms with van der Waals surface area (Å²) in [5, 5.41) is 0. The van der Waals surface area contributed by atoms with Gasteiger partial charge in [0.05, 0.1) is 27.7 Å². The summed E-state index contributed by atoms with van der Waals surface area (Å²) in [6.07, 6.45) is 33.9. The molecular formula is C41H80NO8P. The molecule has 10 heteroatoms. The van der Waals surface area contributed by atoms with Crippen molar-refractivity contribution >= 4 is 19.8 Å². The van der Waals surface area contributed by atoms with Crippen LogP contribution in [0.1, 0.15) is 187 Å². The molecule has 0 aliphatic heterocycles. The summed E-state index contributed by atoms with van der Waals surface area (Å²) in [6.45, 7) is 4.19. The van der Waals surface area contributed by atoms with E-state index in [4.69, 9.17) is 18.5 Å². The molecule has 0 amide bonds. The number of carbonyl (C=O) groups is 2. The molecule has 0 aliphatic rings. The van der Waals surface area contributed by atoms with Gasteiger partial charge in [-0.15, -0.1) is 0 Å². The van der Waals surface area contributed by atoms with Crippen LogP contribution in [0.2, 0.25) is 0 Å². The van der Waals surface area contributed by atoms with Gasteiger partial charge >= 0.3 is 11.9 Å². The number of carbonyl (C=O) groups excluding carboxylic acids is 2. The Balaban J connectivity index is 4.40. The third kappa shape index (κ3) is 38.3. The van der Waals surface area contributed by atoms with Gasteiger partial charge in [-0.25, -0.2) is 0 Å². The van der Waals surface area contributed by atoms with Crippen LogP contribution in [0, 0.1) is 0 Å². The molecule has 0 rings (SSSR count). The van der Waals surface area contributed by atoms with Gasteiger partial charge in [0.1, 0.15) is 19.8 Å². The number of likely N-dealkylation sites (N-methyl/N-ethyl adjacent to an activating group) is 1. The molecule has 51 heavy (non-hydrogen) atoms. The van der Waals surface area contributed by atoms with E-state index in [0.717, 1.165) is 32.1 Å². The Kier molecular flexibility index (Phi) is 33.7. The van der Waals surface area contributed by atoms with Crippen LogP contribution in [-0.2, 0) is 32.7 Å². The molecule has 0 bridgehead atoms. The minimum atomic E-state index is -4.62. The molecule has 0 aromatic rings. The van der Waals surface area contributed by atoms with Crippen LogP contribution in [-0.4, -0.2) is 70.0 Å². The SMILES string of the molecule is CCCCCCCCCCCCC/C=C/CCC(=O)OC[C@H](COP(=O)([O-])OCC[N+](C)(C)C)OC(=O)CCCCCCCCCCCCCC. The van der Waals surface area contributed by atoms with Gasteiger partial charge in [0.15, 0.2) is 6.10 Å². The van der Waals surface area contributed by atoms with Crippen molar-refractivity contribution in [3.63, 3.8) is 0 Å². The van der Waals surface area contributed by atoms with Crippen molar-refractivity contribution in [3.05, 3.63) is 12.2 Å². The Morgan fingerprint density at radius 2 is 1.04 bits per heavy atom. The Labute approximate surface area is 314 Å². The lowest BCUT2D eigenvalue weighted by Crippen LogP contribution is -2.37. The first-order chi connectivity index (χ1) is 24.5. The highest BCUT2D eigenvalue weighted by atomic mass is 31.2. The van der Waals surface area contributed by atoms with E-state index in [1.54, 1.807) is 0 Å². The molecule has 0 fully saturated rings. The standard InChI is InChI=1S/C41H80NO8P/c1-6-8-10-12-14-16-18-20-21-22-24-25-27-29-31-33-40(43)47-37-39(38-49-51(45,46)48-36-35-42(3,4)5)50-41(44)34-32-30-28-26-23-19-17-15-13-11-9-7-2/h27,29,39H,6-26,28,30-38H2,1-5H3/b29-27+/t39-/m1/s1. The number of phosphoric ester groups is 1. The molecule has 302 valence electrons. The summed E-state index contributed by atoms with van der Waals surface area (Å²) >= 11 is 0. The summed E-state index contributed by atoms with van der Waals surface area (Å²) in [4.78, 5) is 37.4. The van der Waals surface area contributed by atoms with Crippen LogP contribution in [0.25, 0.3) is 0 Å². The highest BCUT2D eigenvalue weighted by molar-refractivity contribution is 7.45. The number of rotatable bonds is 38. The molecule has 0 N–H and O–H groups in total. The second kappa shape index (κ2) is 34.5. The van der Waals surface area contributed by atoms with Crippen LogP contribution >= 0.6 is 7.82 Å². The molecule has 0 spiro atoms. The summed E-state index contributed by atoms with van der Waals surface area (Å²) in [6, 6.07) is 0. The van der Waals surface area contributed by atoms with E-state index < -0.39 is 32.5 Å². The van der Waals surface area contributed by atoms with Crippen molar-refractivity contribution in [1.29, 1.82) is 0 Å². The number of phosphoric acid groups is 1. The number of hydrogen-bond acceptors (Lipinski definition) is 8. The highest BCUT2D eigenvalue weighted by Crippen LogP contribution is 2.38. The van der Waals surface area contributed by atoms with Crippen molar-refractivity contribution in [1.82, 2.24) is 0 Å². The largest absolute Gasteiger partial charge is 0.756 e. The molecular weight excluding hydrogens is 665 g/mol. The van der Waals surface area contributed by atoms with Gasteiger partial charge in [0.25, 0.3) is 7.82 Å². The molecule has 0 aromatic carbocycles. The number of ether oxygens (including phenoxy) is 2. The first kappa shape index (κ1) is 49.8. The first-order valence-electron chi connectivity index (χ1n) is 20.9. The fourth-order valence-corrected chi connectivity index (χ4v) is 6.46. The van der Waals surface area contributed by atoms with Crippen LogP contribution in [0.5, 0.6) is 0 Å². The number of esters is 2. The fraction of sp³-hybridized carbons (Fsp3) is 0.902. The zero-order chi connectivity index (χ0) is 37.9. The van der Waals surface area contributed by atoms with Gasteiger partial charge in [-0.1, -0.05) is 161 Å². The number of unbranched alkanes of at least 4 members (excludes halogenated alkanes) is 22. The smallest absolute Gasteiger partial charge is 0.306 e. The molecule has 0 aromatic heterocycles. The second-order valence-corrected chi connectivity index (χ2v) is 16.8. The summed E-state index contributed by atoms with van der Waals surface area (Å²) in [5.74, 6) is -0.885. The Bertz CT molecular complexity index is 891. The van der Waals surface area contributed by atoms with Crippen molar-refractivity contribution in [2.24, 2.45) is 0 Å². The number of allylic oxidation sites excluding steroid dienone is 2. The number of hydrogen-bond donors (Lipinski definition) is 0. The Morgan fingerprint density at radius 1 is 0.588 bits per heavy atom. The maximum absolute atomic E-state index is 12.6. The van der Waals surface area contributed by atoms with Crippen LogP contribution in [0.15, 0.2) is 12.2 Å². The molecule has 1 unspecified atom stereocenters. The van der Waals surface area contributed by atoms with E-state index in [2.05, 4.69) is 19.9 Å². The lowest BCUT2D eigenvalue weighted by molar-refractivity contribution is -0.870. The Hall–Kier alpha value is -1.25. The summed E-state index contributed by atoms with van der Waals surface area (Å²) in [5.41, 5.74) is 0. The lowest BCUT2D eigenvalue weighted by atomic mass is 10.0. The van der Waals surface area contributed by atoms with Crippen molar-refractivity contribution in [2.45, 2.75) is 193 Å². The fourth-order valence-electron chi connectivity index (χ4n) is 5.73. The Morgan fingerprint density at radius 3 is 1.53 bits per heavy atom. The van der Waals surface area contributed by atoms with Crippen molar-refractivity contribution in [3.8, 4) is 0 Å². The second-order valence-electron chi connectivity index (χ2n) is 15.4. The molecule has 0 aliphatic carbocycles. The molecule has 0 radical (unpaired) electrons. The predicted octanol–water partition coefficient (Wildman–Crippen LogP) is 10.8. The minimum Gasteiger partial charge on any atom is -0.756 e. The van der Waals surface area contributed by atoms with E-state index in [-0.39, 0.29) is 26.1 Å². The van der Waals surface area contributed by atoms with Crippen LogP contribution in [0.4, 0.5) is 0 Å². The quantitative estimate of drug-likeness (QED) is 0.0202. The zero-order valence-corrected chi connectivity index (χ0v) is 34.7. The van der Waals surface area contributed by atoms with Gasteiger partial charge in [-0.2, -0.15) is 0 Å². The topological polar surface area (TPSA) is 111 Å². The zero-order valence-electron chi connectivity index (χ0n) is 33.8. The molecule has 0 saturated heterocycles. The van der Waals surface area contributed by atoms with Crippen molar-refractivity contribution in [2.75, 3.05) is 47.5 Å². The van der Waals surface area contributed by atoms with Crippen LogP contribution < -0.4 is 4.89 Å². The molecule has 2 atom stereocenters.